The van der Waals surface area contributed by atoms with E-state index in [1.165, 1.54) is 24.3 Å². The second-order valence-electron chi connectivity index (χ2n) is 8.41. The molecule has 10 heteroatoms. The first-order valence-electron chi connectivity index (χ1n) is 9.61. The zero-order valence-corrected chi connectivity index (χ0v) is 17.4. The fraction of sp³-hybridized carbons (Fsp3) is 0.182. The average Bonchev–Trinajstić information content (AvgIpc) is 3.25. The number of non-ortho nitro benzene ring substituents is 1. The van der Waals surface area contributed by atoms with Crippen molar-refractivity contribution in [3.63, 3.8) is 0 Å². The van der Waals surface area contributed by atoms with Gasteiger partial charge in [0.1, 0.15) is 0 Å². The monoisotopic (exact) mass is 434 g/mol. The number of nitrogens with one attached hydrogen (secondary N) is 1. The molecule has 162 valence electrons. The van der Waals surface area contributed by atoms with Crippen LogP contribution in [0.4, 0.5) is 11.4 Å². The maximum Gasteiger partial charge on any atom is 0.280 e. The van der Waals surface area contributed by atoms with Gasteiger partial charge in [-0.3, -0.25) is 25.0 Å². The van der Waals surface area contributed by atoms with Gasteiger partial charge in [0.05, 0.1) is 32.4 Å². The fourth-order valence-corrected chi connectivity index (χ4v) is 3.81. The molecule has 0 fully saturated rings. The van der Waals surface area contributed by atoms with Crippen LogP contribution in [0.5, 0.6) is 5.88 Å². The third-order valence-electron chi connectivity index (χ3n) is 5.27. The number of nitrogens with zero attached hydrogens (tertiary/aromatic N) is 3. The summed E-state index contributed by atoms with van der Waals surface area (Å²) in [7, 11) is 0. The quantitative estimate of drug-likeness (QED) is 0.456. The second kappa shape index (κ2) is 7.12. The Labute approximate surface area is 181 Å². The van der Waals surface area contributed by atoms with Crippen LogP contribution in [0.2, 0.25) is 0 Å². The van der Waals surface area contributed by atoms with E-state index in [-0.39, 0.29) is 39.8 Å². The Hall–Kier alpha value is -4.34. The molecule has 0 aliphatic carbocycles. The molecule has 2 aromatic carbocycles. The SMILES string of the molecule is CC(C)(C)c1ccc(C2=NC(=O)c3c(-c4cccc([N+](=O)[O-])c4)[nH]c(O)c32)cc1[N+](=O)[O-]. The van der Waals surface area contributed by atoms with Gasteiger partial charge in [-0.15, -0.1) is 0 Å². The molecule has 2 N–H and O–H groups in total. The molecular weight excluding hydrogens is 416 g/mol. The fourth-order valence-electron chi connectivity index (χ4n) is 3.81. The lowest BCUT2D eigenvalue weighted by molar-refractivity contribution is -0.386. The van der Waals surface area contributed by atoms with Crippen molar-refractivity contribution < 1.29 is 19.7 Å². The molecule has 10 nitrogen and oxygen atoms in total. The number of aromatic hydroxyl groups is 1. The highest BCUT2D eigenvalue weighted by Gasteiger charge is 2.35. The van der Waals surface area contributed by atoms with Gasteiger partial charge in [-0.2, -0.15) is 0 Å². The number of fused-ring (bicyclic) bond motifs is 1. The van der Waals surface area contributed by atoms with Gasteiger partial charge in [0, 0.05) is 34.9 Å². The van der Waals surface area contributed by atoms with Crippen molar-refractivity contribution in [2.75, 3.05) is 0 Å². The normalized spacial score (nSPS) is 13.1. The van der Waals surface area contributed by atoms with E-state index in [1.54, 1.807) is 18.2 Å². The van der Waals surface area contributed by atoms with E-state index in [9.17, 15) is 30.1 Å². The maximum absolute atomic E-state index is 12.7. The van der Waals surface area contributed by atoms with Gasteiger partial charge in [0.25, 0.3) is 17.3 Å². The van der Waals surface area contributed by atoms with E-state index in [0.717, 1.165) is 0 Å². The Bertz CT molecular complexity index is 1350. The summed E-state index contributed by atoms with van der Waals surface area (Å²) in [5, 5.41) is 33.3. The number of aromatic nitrogens is 1. The van der Waals surface area contributed by atoms with Gasteiger partial charge in [0.2, 0.25) is 0 Å². The van der Waals surface area contributed by atoms with Gasteiger partial charge in [-0.05, 0) is 5.41 Å². The van der Waals surface area contributed by atoms with Crippen LogP contribution in [0.15, 0.2) is 47.5 Å². The maximum atomic E-state index is 12.7. The number of rotatable bonds is 4. The number of aliphatic imine (C=N–C) groups is 1. The van der Waals surface area contributed by atoms with Crippen molar-refractivity contribution in [3.8, 4) is 17.1 Å². The molecule has 1 amide bonds. The molecular formula is C22H18N4O6. The minimum absolute atomic E-state index is 0.0561. The van der Waals surface area contributed by atoms with Crippen molar-refractivity contribution in [1.82, 2.24) is 4.98 Å². The summed E-state index contributed by atoms with van der Waals surface area (Å²) in [5.41, 5.74) is 0.820. The van der Waals surface area contributed by atoms with Crippen LogP contribution >= 0.6 is 0 Å². The molecule has 0 unspecified atom stereocenters. The molecule has 1 aromatic heterocycles. The summed E-state index contributed by atoms with van der Waals surface area (Å²) in [4.78, 5) is 41.2. The summed E-state index contributed by atoms with van der Waals surface area (Å²) in [5.74, 6) is -1.01. The van der Waals surface area contributed by atoms with Crippen LogP contribution in [0.1, 0.15) is 47.8 Å². The number of aromatic amines is 1. The van der Waals surface area contributed by atoms with Crippen LogP contribution < -0.4 is 0 Å². The lowest BCUT2D eigenvalue weighted by atomic mass is 9.84. The minimum atomic E-state index is -0.657. The Morgan fingerprint density at radius 2 is 1.69 bits per heavy atom. The van der Waals surface area contributed by atoms with Crippen LogP contribution in [0.25, 0.3) is 11.3 Å². The number of carbonyl (C=O) groups is 1. The van der Waals surface area contributed by atoms with Crippen LogP contribution in [0.3, 0.4) is 0 Å². The predicted octanol–water partition coefficient (Wildman–Crippen LogP) is 4.49. The standard InChI is InChI=1S/C22H18N4O6/c1-22(2,3)14-8-7-12(10-15(14)26(31)32)19-17-16(20(27)24-19)18(23-21(17)28)11-5-4-6-13(9-11)25(29)30/h4-10,23,28H,1-3H3. The van der Waals surface area contributed by atoms with Crippen LogP contribution in [-0.2, 0) is 5.41 Å². The lowest BCUT2D eigenvalue weighted by Crippen LogP contribution is -2.14. The molecule has 3 aromatic rings. The molecule has 0 atom stereocenters. The molecule has 2 heterocycles. The highest BCUT2D eigenvalue weighted by atomic mass is 16.6. The first-order chi connectivity index (χ1) is 15.0. The van der Waals surface area contributed by atoms with Crippen molar-refractivity contribution in [2.24, 2.45) is 4.99 Å². The zero-order chi connectivity index (χ0) is 23.4. The number of benzene rings is 2. The molecule has 1 aliphatic heterocycles. The average molecular weight is 434 g/mol. The van der Waals surface area contributed by atoms with Crippen molar-refractivity contribution in [1.29, 1.82) is 0 Å². The lowest BCUT2D eigenvalue weighted by Gasteiger charge is -2.19. The number of amides is 1. The Morgan fingerprint density at radius 1 is 0.969 bits per heavy atom. The number of nitro benzene ring substituents is 2. The molecule has 0 radical (unpaired) electrons. The number of carbonyl (C=O) groups excluding carboxylic acids is 1. The summed E-state index contributed by atoms with van der Waals surface area (Å²) in [6, 6.07) is 10.2. The summed E-state index contributed by atoms with van der Waals surface area (Å²) in [6.45, 7) is 5.56. The molecule has 0 saturated heterocycles. The van der Waals surface area contributed by atoms with Crippen molar-refractivity contribution >= 4 is 23.0 Å². The Balaban J connectivity index is 1.86. The van der Waals surface area contributed by atoms with Crippen LogP contribution in [0, 0.1) is 20.2 Å². The van der Waals surface area contributed by atoms with E-state index < -0.39 is 21.2 Å². The molecule has 0 saturated carbocycles. The molecule has 0 bridgehead atoms. The van der Waals surface area contributed by atoms with E-state index >= 15 is 0 Å². The zero-order valence-electron chi connectivity index (χ0n) is 17.4. The van der Waals surface area contributed by atoms with Gasteiger partial charge in [-0.25, -0.2) is 4.99 Å². The van der Waals surface area contributed by atoms with Gasteiger partial charge in [-0.1, -0.05) is 45.0 Å². The second-order valence-corrected chi connectivity index (χ2v) is 8.41. The van der Waals surface area contributed by atoms with Gasteiger partial charge < -0.3 is 10.1 Å². The molecule has 0 spiro atoms. The van der Waals surface area contributed by atoms with Gasteiger partial charge in [0.15, 0.2) is 5.88 Å². The number of nitro groups is 2. The van der Waals surface area contributed by atoms with E-state index in [1.807, 2.05) is 20.8 Å². The largest absolute Gasteiger partial charge is 0.494 e. The minimum Gasteiger partial charge on any atom is -0.494 e. The smallest absolute Gasteiger partial charge is 0.280 e. The number of H-pyrrole nitrogens is 1. The number of hydrogen-bond donors (Lipinski definition) is 2. The first-order valence-corrected chi connectivity index (χ1v) is 9.61. The van der Waals surface area contributed by atoms with E-state index in [4.69, 9.17) is 0 Å². The Morgan fingerprint density at radius 3 is 2.31 bits per heavy atom. The third-order valence-corrected chi connectivity index (χ3v) is 5.27. The third kappa shape index (κ3) is 3.31. The van der Waals surface area contributed by atoms with Gasteiger partial charge >= 0.3 is 0 Å². The first kappa shape index (κ1) is 20.9. The molecule has 4 rings (SSSR count). The van der Waals surface area contributed by atoms with E-state index in [0.29, 0.717) is 16.7 Å². The topological polar surface area (TPSA) is 152 Å². The highest BCUT2D eigenvalue weighted by molar-refractivity contribution is 6.30. The van der Waals surface area contributed by atoms with Crippen molar-refractivity contribution in [2.45, 2.75) is 26.2 Å². The summed E-state index contributed by atoms with van der Waals surface area (Å²) < 4.78 is 0. The van der Waals surface area contributed by atoms with Crippen molar-refractivity contribution in [3.05, 3.63) is 84.9 Å². The predicted molar refractivity (Wildman–Crippen MR) is 116 cm³/mol. The Kier molecular flexibility index (Phi) is 4.65. The van der Waals surface area contributed by atoms with E-state index in [2.05, 4.69) is 9.98 Å². The number of hydrogen-bond acceptors (Lipinski definition) is 6. The van der Waals surface area contributed by atoms with Crippen LogP contribution in [-0.4, -0.2) is 31.6 Å². The molecule has 32 heavy (non-hydrogen) atoms. The highest BCUT2D eigenvalue weighted by Crippen LogP contribution is 2.40. The summed E-state index contributed by atoms with van der Waals surface area (Å²) >= 11 is 0. The summed E-state index contributed by atoms with van der Waals surface area (Å²) in [6.07, 6.45) is 0. The molecule has 1 aliphatic rings.